The fourth-order valence-electron chi connectivity index (χ4n) is 3.54. The molecule has 2 aliphatic carbocycles. The maximum atomic E-state index is 3.62. The Morgan fingerprint density at radius 1 is 1.25 bits per heavy atom. The van der Waals surface area contributed by atoms with E-state index >= 15 is 0 Å². The fraction of sp³-hybridized carbons (Fsp3) is 0.467. The van der Waals surface area contributed by atoms with Crippen LogP contribution in [0.1, 0.15) is 30.4 Å². The summed E-state index contributed by atoms with van der Waals surface area (Å²) >= 11 is 0. The first-order chi connectivity index (χ1) is 7.87. The fourth-order valence-corrected chi connectivity index (χ4v) is 3.54. The molecule has 1 heteroatoms. The standard InChI is InChI=1S/C15H19N/c1-16-15-11-5-4-7-13(15)10-9-12-6-2-3-8-14(12)15/h2-6,8,13,16H,7,9-11H2,1H3. The summed E-state index contributed by atoms with van der Waals surface area (Å²) in [7, 11) is 2.12. The number of nitrogens with one attached hydrogen (secondary N) is 1. The van der Waals surface area contributed by atoms with Crippen LogP contribution in [-0.2, 0) is 12.0 Å². The van der Waals surface area contributed by atoms with Crippen LogP contribution in [0.15, 0.2) is 36.4 Å². The quantitative estimate of drug-likeness (QED) is 0.707. The van der Waals surface area contributed by atoms with Gasteiger partial charge in [-0.15, -0.1) is 0 Å². The lowest BCUT2D eigenvalue weighted by molar-refractivity contribution is 0.187. The SMILES string of the molecule is CNC12CC=CCC1CCc1ccccc12. The molecule has 0 saturated carbocycles. The van der Waals surface area contributed by atoms with E-state index in [1.165, 1.54) is 24.8 Å². The van der Waals surface area contributed by atoms with Gasteiger partial charge in [0.1, 0.15) is 0 Å². The molecule has 1 nitrogen and oxygen atoms in total. The predicted octanol–water partition coefficient (Wildman–Crippen LogP) is 3.01. The highest BCUT2D eigenvalue weighted by atomic mass is 15.0. The van der Waals surface area contributed by atoms with Crippen molar-refractivity contribution in [2.75, 3.05) is 7.05 Å². The zero-order chi connectivity index (χ0) is 11.0. The van der Waals surface area contributed by atoms with Gasteiger partial charge in [0.25, 0.3) is 0 Å². The Morgan fingerprint density at radius 3 is 3.00 bits per heavy atom. The first kappa shape index (κ1) is 10.1. The van der Waals surface area contributed by atoms with Crippen LogP contribution < -0.4 is 5.32 Å². The lowest BCUT2D eigenvalue weighted by atomic mass is 9.64. The summed E-state index contributed by atoms with van der Waals surface area (Å²) in [6.45, 7) is 0. The van der Waals surface area contributed by atoms with Crippen LogP contribution in [0.2, 0.25) is 0 Å². The van der Waals surface area contributed by atoms with Crippen molar-refractivity contribution in [1.29, 1.82) is 0 Å². The molecule has 0 spiro atoms. The highest BCUT2D eigenvalue weighted by Gasteiger charge is 2.42. The van der Waals surface area contributed by atoms with Crippen LogP contribution in [0.4, 0.5) is 0 Å². The lowest BCUT2D eigenvalue weighted by Crippen LogP contribution is -2.50. The van der Waals surface area contributed by atoms with Crippen molar-refractivity contribution in [3.8, 4) is 0 Å². The average Bonchev–Trinajstić information content (AvgIpc) is 2.38. The molecule has 1 aromatic rings. The van der Waals surface area contributed by atoms with E-state index < -0.39 is 0 Å². The van der Waals surface area contributed by atoms with Crippen molar-refractivity contribution in [3.05, 3.63) is 47.5 Å². The minimum absolute atomic E-state index is 0.212. The smallest absolute Gasteiger partial charge is 0.0501 e. The number of allylic oxidation sites excluding steroid dienone is 1. The molecule has 1 aromatic carbocycles. The van der Waals surface area contributed by atoms with Gasteiger partial charge in [-0.1, -0.05) is 36.4 Å². The number of aryl methyl sites for hydroxylation is 1. The Bertz CT molecular complexity index is 421. The number of hydrogen-bond acceptors (Lipinski definition) is 1. The van der Waals surface area contributed by atoms with Gasteiger partial charge in [-0.2, -0.15) is 0 Å². The Morgan fingerprint density at radius 2 is 2.12 bits per heavy atom. The van der Waals surface area contributed by atoms with Crippen molar-refractivity contribution in [1.82, 2.24) is 5.32 Å². The largest absolute Gasteiger partial charge is 0.310 e. The van der Waals surface area contributed by atoms with Gasteiger partial charge in [-0.05, 0) is 49.8 Å². The van der Waals surface area contributed by atoms with Gasteiger partial charge in [0, 0.05) is 0 Å². The maximum Gasteiger partial charge on any atom is 0.0501 e. The Labute approximate surface area is 97.6 Å². The lowest BCUT2D eigenvalue weighted by Gasteiger charge is -2.47. The topological polar surface area (TPSA) is 12.0 Å². The molecule has 2 aliphatic rings. The van der Waals surface area contributed by atoms with Crippen molar-refractivity contribution in [2.45, 2.75) is 31.2 Å². The number of rotatable bonds is 1. The molecule has 1 N–H and O–H groups in total. The second-order valence-corrected chi connectivity index (χ2v) is 5.03. The van der Waals surface area contributed by atoms with E-state index in [1.807, 2.05) is 0 Å². The molecule has 0 bridgehead atoms. The van der Waals surface area contributed by atoms with E-state index in [0.717, 1.165) is 12.3 Å². The molecule has 0 saturated heterocycles. The van der Waals surface area contributed by atoms with Gasteiger partial charge < -0.3 is 5.32 Å². The third-order valence-electron chi connectivity index (χ3n) is 4.43. The van der Waals surface area contributed by atoms with Crippen LogP contribution in [0, 0.1) is 5.92 Å². The van der Waals surface area contributed by atoms with E-state index in [1.54, 1.807) is 5.56 Å². The van der Waals surface area contributed by atoms with Crippen molar-refractivity contribution < 1.29 is 0 Å². The third kappa shape index (κ3) is 1.28. The van der Waals surface area contributed by atoms with Gasteiger partial charge in [-0.3, -0.25) is 0 Å². The average molecular weight is 213 g/mol. The molecule has 0 radical (unpaired) electrons. The molecule has 2 atom stereocenters. The summed E-state index contributed by atoms with van der Waals surface area (Å²) in [5.74, 6) is 0.775. The zero-order valence-corrected chi connectivity index (χ0v) is 9.87. The minimum Gasteiger partial charge on any atom is -0.310 e. The molecule has 2 unspecified atom stereocenters. The van der Waals surface area contributed by atoms with Gasteiger partial charge >= 0.3 is 0 Å². The van der Waals surface area contributed by atoms with Gasteiger partial charge in [0.05, 0.1) is 5.54 Å². The van der Waals surface area contributed by atoms with Crippen LogP contribution in [0.25, 0.3) is 0 Å². The molecule has 0 amide bonds. The van der Waals surface area contributed by atoms with Crippen molar-refractivity contribution >= 4 is 0 Å². The van der Waals surface area contributed by atoms with Crippen molar-refractivity contribution in [3.63, 3.8) is 0 Å². The summed E-state index contributed by atoms with van der Waals surface area (Å²) in [4.78, 5) is 0. The molecule has 84 valence electrons. The first-order valence-corrected chi connectivity index (χ1v) is 6.29. The monoisotopic (exact) mass is 213 g/mol. The Hall–Kier alpha value is -1.08. The van der Waals surface area contributed by atoms with E-state index in [2.05, 4.69) is 48.8 Å². The molecule has 0 aromatic heterocycles. The van der Waals surface area contributed by atoms with Crippen molar-refractivity contribution in [2.24, 2.45) is 5.92 Å². The Kier molecular flexibility index (Phi) is 2.36. The highest BCUT2D eigenvalue weighted by Crippen LogP contribution is 2.45. The normalized spacial score (nSPS) is 31.9. The minimum atomic E-state index is 0.212. The molecule has 0 fully saturated rings. The molecule has 0 aliphatic heterocycles. The molecule has 16 heavy (non-hydrogen) atoms. The summed E-state index contributed by atoms with van der Waals surface area (Å²) < 4.78 is 0. The van der Waals surface area contributed by atoms with E-state index in [4.69, 9.17) is 0 Å². The first-order valence-electron chi connectivity index (χ1n) is 6.29. The Balaban J connectivity index is 2.15. The van der Waals surface area contributed by atoms with Crippen LogP contribution >= 0.6 is 0 Å². The summed E-state index contributed by atoms with van der Waals surface area (Å²) in [5, 5.41) is 3.62. The summed E-state index contributed by atoms with van der Waals surface area (Å²) in [5.41, 5.74) is 3.30. The van der Waals surface area contributed by atoms with Crippen LogP contribution in [0.3, 0.4) is 0 Å². The number of benzene rings is 1. The maximum absolute atomic E-state index is 3.62. The highest BCUT2D eigenvalue weighted by molar-refractivity contribution is 5.39. The molecular weight excluding hydrogens is 194 g/mol. The predicted molar refractivity (Wildman–Crippen MR) is 67.4 cm³/mol. The second kappa shape index (κ2) is 3.74. The molecule has 3 rings (SSSR count). The van der Waals surface area contributed by atoms with E-state index in [-0.39, 0.29) is 5.54 Å². The number of fused-ring (bicyclic) bond motifs is 3. The summed E-state index contributed by atoms with van der Waals surface area (Å²) in [6, 6.07) is 8.96. The van der Waals surface area contributed by atoms with Gasteiger partial charge in [0.2, 0.25) is 0 Å². The van der Waals surface area contributed by atoms with Gasteiger partial charge in [0.15, 0.2) is 0 Å². The van der Waals surface area contributed by atoms with E-state index in [9.17, 15) is 0 Å². The third-order valence-corrected chi connectivity index (χ3v) is 4.43. The second-order valence-electron chi connectivity index (χ2n) is 5.03. The van der Waals surface area contributed by atoms with Crippen LogP contribution in [0.5, 0.6) is 0 Å². The molecule has 0 heterocycles. The zero-order valence-electron chi connectivity index (χ0n) is 9.87. The van der Waals surface area contributed by atoms with E-state index in [0.29, 0.717) is 0 Å². The summed E-state index contributed by atoms with van der Waals surface area (Å²) in [6.07, 6.45) is 9.64. The number of hydrogen-bond donors (Lipinski definition) is 1. The van der Waals surface area contributed by atoms with Gasteiger partial charge in [-0.25, -0.2) is 0 Å². The molecular formula is C15H19N. The van der Waals surface area contributed by atoms with Crippen LogP contribution in [-0.4, -0.2) is 7.05 Å².